The molecule has 0 N–H and O–H groups in total. The Hall–Kier alpha value is -0.700. The second kappa shape index (κ2) is 5.91. The Bertz CT molecular complexity index is 287. The highest BCUT2D eigenvalue weighted by Crippen LogP contribution is 2.28. The van der Waals surface area contributed by atoms with Crippen LogP contribution in [0.25, 0.3) is 0 Å². The van der Waals surface area contributed by atoms with E-state index in [1.165, 1.54) is 0 Å². The third-order valence-electron chi connectivity index (χ3n) is 1.89. The summed E-state index contributed by atoms with van der Waals surface area (Å²) in [5.41, 5.74) is 0. The molecule has 0 radical (unpaired) electrons. The van der Waals surface area contributed by atoms with Crippen molar-refractivity contribution in [3.8, 4) is 11.5 Å². The maximum atomic E-state index is 5.54. The molecule has 0 saturated carbocycles. The summed E-state index contributed by atoms with van der Waals surface area (Å²) in [6.07, 6.45) is 2.23. The van der Waals surface area contributed by atoms with Gasteiger partial charge in [0, 0.05) is 6.07 Å². The summed E-state index contributed by atoms with van der Waals surface area (Å²) in [5, 5.41) is 0. The van der Waals surface area contributed by atoms with Gasteiger partial charge in [0.05, 0.1) is 18.2 Å². The van der Waals surface area contributed by atoms with Gasteiger partial charge in [-0.3, -0.25) is 0 Å². The molecule has 0 heterocycles. The first-order valence-corrected chi connectivity index (χ1v) is 5.53. The Kier molecular flexibility index (Phi) is 4.80. The van der Waals surface area contributed by atoms with Gasteiger partial charge in [-0.1, -0.05) is 13.3 Å². The molecule has 1 aromatic rings. The highest BCUT2D eigenvalue weighted by atomic mass is 79.9. The van der Waals surface area contributed by atoms with Gasteiger partial charge in [-0.25, -0.2) is 0 Å². The van der Waals surface area contributed by atoms with Gasteiger partial charge >= 0.3 is 0 Å². The lowest BCUT2D eigenvalue weighted by Crippen LogP contribution is -1.96. The van der Waals surface area contributed by atoms with Crippen molar-refractivity contribution >= 4 is 15.9 Å². The van der Waals surface area contributed by atoms with Crippen LogP contribution in [0.1, 0.15) is 19.8 Å². The lowest BCUT2D eigenvalue weighted by molar-refractivity contribution is 0.306. The molecule has 3 heteroatoms. The van der Waals surface area contributed by atoms with E-state index in [4.69, 9.17) is 9.47 Å². The normalized spacial score (nSPS) is 9.93. The smallest absolute Gasteiger partial charge is 0.136 e. The Labute approximate surface area is 93.4 Å². The Balaban J connectivity index is 2.60. The van der Waals surface area contributed by atoms with Crippen molar-refractivity contribution < 1.29 is 9.47 Å². The molecule has 1 rings (SSSR count). The fourth-order valence-electron chi connectivity index (χ4n) is 1.06. The van der Waals surface area contributed by atoms with Crippen molar-refractivity contribution in [2.45, 2.75) is 19.8 Å². The van der Waals surface area contributed by atoms with E-state index in [0.717, 1.165) is 35.4 Å². The zero-order chi connectivity index (χ0) is 10.4. The Morgan fingerprint density at radius 1 is 1.36 bits per heavy atom. The zero-order valence-corrected chi connectivity index (χ0v) is 10.1. The van der Waals surface area contributed by atoms with Crippen molar-refractivity contribution in [3.05, 3.63) is 22.7 Å². The summed E-state index contributed by atoms with van der Waals surface area (Å²) in [5.74, 6) is 1.66. The predicted molar refractivity (Wildman–Crippen MR) is 61.1 cm³/mol. The van der Waals surface area contributed by atoms with E-state index in [2.05, 4.69) is 22.9 Å². The minimum atomic E-state index is 0.765. The molecule has 0 aliphatic carbocycles. The SMILES string of the molecule is CCCCOc1ccc(Br)c(OC)c1. The topological polar surface area (TPSA) is 18.5 Å². The maximum absolute atomic E-state index is 5.54. The number of hydrogen-bond donors (Lipinski definition) is 0. The molecule has 0 aliphatic heterocycles. The van der Waals surface area contributed by atoms with Gasteiger partial charge < -0.3 is 9.47 Å². The van der Waals surface area contributed by atoms with Crippen LogP contribution >= 0.6 is 15.9 Å². The molecular weight excluding hydrogens is 244 g/mol. The van der Waals surface area contributed by atoms with E-state index in [0.29, 0.717) is 0 Å². The quantitative estimate of drug-likeness (QED) is 0.751. The third-order valence-corrected chi connectivity index (χ3v) is 2.54. The van der Waals surface area contributed by atoms with E-state index in [1.54, 1.807) is 7.11 Å². The average Bonchev–Trinajstić information content (AvgIpc) is 2.21. The summed E-state index contributed by atoms with van der Waals surface area (Å²) in [7, 11) is 1.65. The van der Waals surface area contributed by atoms with Gasteiger partial charge in [0.2, 0.25) is 0 Å². The first-order valence-electron chi connectivity index (χ1n) is 4.74. The molecule has 0 fully saturated rings. The largest absolute Gasteiger partial charge is 0.495 e. The van der Waals surface area contributed by atoms with Crippen molar-refractivity contribution in [1.82, 2.24) is 0 Å². The maximum Gasteiger partial charge on any atom is 0.136 e. The van der Waals surface area contributed by atoms with Crippen LogP contribution in [0.2, 0.25) is 0 Å². The van der Waals surface area contributed by atoms with Crippen molar-refractivity contribution in [2.75, 3.05) is 13.7 Å². The number of rotatable bonds is 5. The van der Waals surface area contributed by atoms with Crippen LogP contribution in [-0.4, -0.2) is 13.7 Å². The van der Waals surface area contributed by atoms with Gasteiger partial charge in [-0.15, -0.1) is 0 Å². The highest BCUT2D eigenvalue weighted by molar-refractivity contribution is 9.10. The number of ether oxygens (including phenoxy) is 2. The summed E-state index contributed by atoms with van der Waals surface area (Å²) < 4.78 is 11.7. The number of hydrogen-bond acceptors (Lipinski definition) is 2. The first-order chi connectivity index (χ1) is 6.77. The van der Waals surface area contributed by atoms with Crippen LogP contribution < -0.4 is 9.47 Å². The minimum Gasteiger partial charge on any atom is -0.495 e. The highest BCUT2D eigenvalue weighted by Gasteiger charge is 2.01. The second-order valence-electron chi connectivity index (χ2n) is 3.00. The van der Waals surface area contributed by atoms with E-state index >= 15 is 0 Å². The van der Waals surface area contributed by atoms with E-state index < -0.39 is 0 Å². The molecule has 0 spiro atoms. The molecule has 1 aromatic carbocycles. The number of halogens is 1. The Morgan fingerprint density at radius 3 is 2.79 bits per heavy atom. The van der Waals surface area contributed by atoms with E-state index in [-0.39, 0.29) is 0 Å². The molecule has 0 aliphatic rings. The fourth-order valence-corrected chi connectivity index (χ4v) is 1.47. The molecule has 0 saturated heterocycles. The Morgan fingerprint density at radius 2 is 2.14 bits per heavy atom. The van der Waals surface area contributed by atoms with Crippen LogP contribution in [0, 0.1) is 0 Å². The molecule has 0 atom stereocenters. The molecule has 0 unspecified atom stereocenters. The molecule has 0 amide bonds. The van der Waals surface area contributed by atoms with Gasteiger partial charge in [-0.2, -0.15) is 0 Å². The molecule has 0 bridgehead atoms. The summed E-state index contributed by atoms with van der Waals surface area (Å²) >= 11 is 3.39. The van der Waals surface area contributed by atoms with E-state index in [1.807, 2.05) is 18.2 Å². The van der Waals surface area contributed by atoms with Crippen LogP contribution in [0.4, 0.5) is 0 Å². The second-order valence-corrected chi connectivity index (χ2v) is 3.85. The molecule has 0 aromatic heterocycles. The van der Waals surface area contributed by atoms with Crippen LogP contribution in [-0.2, 0) is 0 Å². The van der Waals surface area contributed by atoms with Gasteiger partial charge in [0.1, 0.15) is 11.5 Å². The van der Waals surface area contributed by atoms with Crippen LogP contribution in [0.15, 0.2) is 22.7 Å². The number of methoxy groups -OCH3 is 1. The number of benzene rings is 1. The van der Waals surface area contributed by atoms with Crippen LogP contribution in [0.5, 0.6) is 11.5 Å². The van der Waals surface area contributed by atoms with Crippen molar-refractivity contribution in [3.63, 3.8) is 0 Å². The monoisotopic (exact) mass is 258 g/mol. The average molecular weight is 259 g/mol. The minimum absolute atomic E-state index is 0.765. The summed E-state index contributed by atoms with van der Waals surface area (Å²) in [4.78, 5) is 0. The molecule has 78 valence electrons. The first kappa shape index (κ1) is 11.4. The summed E-state index contributed by atoms with van der Waals surface area (Å²) in [6, 6.07) is 5.75. The van der Waals surface area contributed by atoms with Crippen LogP contribution in [0.3, 0.4) is 0 Å². The zero-order valence-electron chi connectivity index (χ0n) is 8.55. The number of unbranched alkanes of at least 4 members (excludes halogenated alkanes) is 1. The predicted octanol–water partition coefficient (Wildman–Crippen LogP) is 3.64. The van der Waals surface area contributed by atoms with Crippen molar-refractivity contribution in [1.29, 1.82) is 0 Å². The van der Waals surface area contributed by atoms with E-state index in [9.17, 15) is 0 Å². The lowest BCUT2D eigenvalue weighted by Gasteiger charge is -2.08. The van der Waals surface area contributed by atoms with Crippen molar-refractivity contribution in [2.24, 2.45) is 0 Å². The molecule has 14 heavy (non-hydrogen) atoms. The lowest BCUT2D eigenvalue weighted by atomic mass is 10.3. The van der Waals surface area contributed by atoms with Gasteiger partial charge in [-0.05, 0) is 34.5 Å². The third kappa shape index (κ3) is 3.22. The van der Waals surface area contributed by atoms with Gasteiger partial charge in [0.25, 0.3) is 0 Å². The standard InChI is InChI=1S/C11H15BrO2/c1-3-4-7-14-9-5-6-10(12)11(8-9)13-2/h5-6,8H,3-4,7H2,1-2H3. The summed E-state index contributed by atoms with van der Waals surface area (Å²) in [6.45, 7) is 2.91. The fraction of sp³-hybridized carbons (Fsp3) is 0.455. The van der Waals surface area contributed by atoms with Gasteiger partial charge in [0.15, 0.2) is 0 Å². The molecular formula is C11H15BrO2. The molecule has 2 nitrogen and oxygen atoms in total.